The van der Waals surface area contributed by atoms with Crippen LogP contribution in [-0.2, 0) is 17.5 Å². The van der Waals surface area contributed by atoms with E-state index < -0.39 is 29.6 Å². The number of carbonyl (C=O) groups is 1. The van der Waals surface area contributed by atoms with E-state index in [1.165, 1.54) is 0 Å². The van der Waals surface area contributed by atoms with Gasteiger partial charge in [-0.15, -0.1) is 0 Å². The van der Waals surface area contributed by atoms with Gasteiger partial charge in [-0.1, -0.05) is 0 Å². The summed E-state index contributed by atoms with van der Waals surface area (Å²) in [6, 6.07) is 0.752. The van der Waals surface area contributed by atoms with Crippen molar-refractivity contribution < 1.29 is 31.5 Å². The molecule has 0 bridgehead atoms. The Morgan fingerprint density at radius 1 is 1.35 bits per heavy atom. The van der Waals surface area contributed by atoms with Crippen LogP contribution in [0.15, 0.2) is 12.3 Å². The van der Waals surface area contributed by atoms with Crippen LogP contribution in [-0.4, -0.2) is 35.4 Å². The van der Waals surface area contributed by atoms with Crippen molar-refractivity contribution in [3.63, 3.8) is 0 Å². The van der Waals surface area contributed by atoms with Crippen LogP contribution < -0.4 is 4.74 Å². The summed E-state index contributed by atoms with van der Waals surface area (Å²) in [5, 5.41) is 0. The Bertz CT molecular complexity index is 601. The Kier molecular flexibility index (Phi) is 4.50. The number of aromatic nitrogens is 1. The maximum Gasteiger partial charge on any atom is 0.433 e. The second kappa shape index (κ2) is 5.93. The highest BCUT2D eigenvalue weighted by molar-refractivity contribution is 5.82. The molecule has 1 aliphatic rings. The minimum absolute atomic E-state index is 0.00497. The maximum absolute atomic E-state index is 13.0. The fraction of sp³-hybridized carbons (Fsp3) is 0.571. The molecule has 0 N–H and O–H groups in total. The fourth-order valence-electron chi connectivity index (χ4n) is 2.10. The smallest absolute Gasteiger partial charge is 0.433 e. The summed E-state index contributed by atoms with van der Waals surface area (Å²) in [5.41, 5.74) is -2.75. The zero-order valence-electron chi connectivity index (χ0n) is 12.5. The number of carbonyl (C=O) groups excluding carboxylic acids is 1. The lowest BCUT2D eigenvalue weighted by Crippen LogP contribution is -2.45. The van der Waals surface area contributed by atoms with Gasteiger partial charge >= 0.3 is 6.18 Å². The Balaban J connectivity index is 2.27. The van der Waals surface area contributed by atoms with Crippen molar-refractivity contribution in [2.24, 2.45) is 5.41 Å². The summed E-state index contributed by atoms with van der Waals surface area (Å²) in [4.78, 5) is 16.7. The van der Waals surface area contributed by atoms with E-state index in [0.29, 0.717) is 0 Å². The van der Waals surface area contributed by atoms with Crippen molar-refractivity contribution in [1.29, 1.82) is 0 Å². The molecule has 4 nitrogen and oxygen atoms in total. The van der Waals surface area contributed by atoms with Crippen LogP contribution >= 0.6 is 0 Å². The Hall–Kier alpha value is -1.93. The molecule has 1 amide bonds. The van der Waals surface area contributed by atoms with E-state index in [9.17, 15) is 26.7 Å². The van der Waals surface area contributed by atoms with E-state index >= 15 is 0 Å². The van der Waals surface area contributed by atoms with Gasteiger partial charge in [0.05, 0.1) is 13.1 Å². The Morgan fingerprint density at radius 3 is 2.57 bits per heavy atom. The van der Waals surface area contributed by atoms with Crippen molar-refractivity contribution in [3.8, 4) is 5.75 Å². The average molecular weight is 338 g/mol. The first-order chi connectivity index (χ1) is 10.5. The molecule has 1 aromatic rings. The molecule has 23 heavy (non-hydrogen) atoms. The van der Waals surface area contributed by atoms with Crippen molar-refractivity contribution in [2.75, 3.05) is 13.2 Å². The van der Waals surface area contributed by atoms with Gasteiger partial charge in [-0.05, 0) is 13.8 Å². The number of hydrogen-bond donors (Lipinski definition) is 0. The van der Waals surface area contributed by atoms with Crippen LogP contribution in [0.5, 0.6) is 5.75 Å². The number of fused-ring (bicyclic) bond motifs is 1. The van der Waals surface area contributed by atoms with Crippen LogP contribution in [0.1, 0.15) is 25.1 Å². The van der Waals surface area contributed by atoms with Crippen LogP contribution in [0.2, 0.25) is 0 Å². The summed E-state index contributed by atoms with van der Waals surface area (Å²) in [5.74, 6) is -0.832. The van der Waals surface area contributed by atoms with E-state index in [-0.39, 0.29) is 31.0 Å². The molecule has 0 fully saturated rings. The Labute approximate surface area is 129 Å². The zero-order chi connectivity index (χ0) is 17.4. The largest absolute Gasteiger partial charge is 0.491 e. The van der Waals surface area contributed by atoms with E-state index in [1.54, 1.807) is 0 Å². The minimum Gasteiger partial charge on any atom is -0.491 e. The molecule has 0 saturated carbocycles. The van der Waals surface area contributed by atoms with Gasteiger partial charge in [0, 0.05) is 17.8 Å². The third-order valence-corrected chi connectivity index (χ3v) is 3.60. The zero-order valence-corrected chi connectivity index (χ0v) is 12.5. The first kappa shape index (κ1) is 17.4. The van der Waals surface area contributed by atoms with E-state index in [1.807, 2.05) is 0 Å². The lowest BCUT2D eigenvalue weighted by Gasteiger charge is -2.30. The standard InChI is InChI=1S/C14H15F5N2O2/c1-13(2,11(15)16)12(22)21-3-4-23-9-5-10(14(17,18)19)20-6-8(9)7-21/h5-6,11H,3-4,7H2,1-2H3. The molecule has 2 heterocycles. The van der Waals surface area contributed by atoms with E-state index in [2.05, 4.69) is 4.98 Å². The molecular formula is C14H15F5N2O2. The van der Waals surface area contributed by atoms with Gasteiger partial charge in [-0.3, -0.25) is 9.78 Å². The number of nitrogens with zero attached hydrogens (tertiary/aromatic N) is 2. The van der Waals surface area contributed by atoms with Crippen LogP contribution in [0.25, 0.3) is 0 Å². The summed E-state index contributed by atoms with van der Waals surface area (Å²) >= 11 is 0. The normalized spacial score (nSPS) is 15.9. The van der Waals surface area contributed by atoms with Crippen LogP contribution in [0.4, 0.5) is 22.0 Å². The second-order valence-corrected chi connectivity index (χ2v) is 5.77. The Morgan fingerprint density at radius 2 is 2.00 bits per heavy atom. The quantitative estimate of drug-likeness (QED) is 0.778. The maximum atomic E-state index is 13.0. The summed E-state index contributed by atoms with van der Waals surface area (Å²) in [7, 11) is 0. The number of rotatable bonds is 2. The summed E-state index contributed by atoms with van der Waals surface area (Å²) < 4.78 is 69.1. The number of halogens is 5. The second-order valence-electron chi connectivity index (χ2n) is 5.77. The van der Waals surface area contributed by atoms with Gasteiger partial charge in [0.15, 0.2) is 0 Å². The molecule has 0 atom stereocenters. The van der Waals surface area contributed by atoms with Gasteiger partial charge in [0.1, 0.15) is 23.5 Å². The van der Waals surface area contributed by atoms with Gasteiger partial charge in [0.25, 0.3) is 6.43 Å². The minimum atomic E-state index is -4.61. The van der Waals surface area contributed by atoms with Crippen molar-refractivity contribution in [2.45, 2.75) is 33.0 Å². The highest BCUT2D eigenvalue weighted by Gasteiger charge is 2.41. The first-order valence-electron chi connectivity index (χ1n) is 6.80. The summed E-state index contributed by atoms with van der Waals surface area (Å²) in [6.07, 6.45) is -6.51. The third-order valence-electron chi connectivity index (χ3n) is 3.60. The van der Waals surface area contributed by atoms with Crippen molar-refractivity contribution >= 4 is 5.91 Å². The number of pyridine rings is 1. The topological polar surface area (TPSA) is 42.4 Å². The van der Waals surface area contributed by atoms with E-state index in [0.717, 1.165) is 31.0 Å². The lowest BCUT2D eigenvalue weighted by atomic mass is 9.92. The molecule has 1 aliphatic heterocycles. The predicted molar refractivity (Wildman–Crippen MR) is 69.9 cm³/mol. The first-order valence-corrected chi connectivity index (χ1v) is 6.80. The molecule has 0 radical (unpaired) electrons. The van der Waals surface area contributed by atoms with Crippen LogP contribution in [0.3, 0.4) is 0 Å². The van der Waals surface area contributed by atoms with Crippen LogP contribution in [0, 0.1) is 5.41 Å². The molecule has 0 unspecified atom stereocenters. The van der Waals surface area contributed by atoms with Gasteiger partial charge in [-0.25, -0.2) is 8.78 Å². The summed E-state index contributed by atoms with van der Waals surface area (Å²) in [6.45, 7) is 2.04. The molecule has 0 saturated heterocycles. The molecule has 2 rings (SSSR count). The molecule has 0 aromatic carbocycles. The molecule has 0 aliphatic carbocycles. The number of ether oxygens (including phenoxy) is 1. The number of alkyl halides is 5. The average Bonchev–Trinajstić information content (AvgIpc) is 2.66. The van der Waals surface area contributed by atoms with Crippen molar-refractivity contribution in [3.05, 3.63) is 23.5 Å². The molecule has 128 valence electrons. The molecule has 9 heteroatoms. The van der Waals surface area contributed by atoms with Gasteiger partial charge in [0.2, 0.25) is 5.91 Å². The fourth-order valence-corrected chi connectivity index (χ4v) is 2.10. The number of hydrogen-bond acceptors (Lipinski definition) is 3. The molecular weight excluding hydrogens is 323 g/mol. The monoisotopic (exact) mass is 338 g/mol. The molecule has 1 aromatic heterocycles. The van der Waals surface area contributed by atoms with E-state index in [4.69, 9.17) is 4.74 Å². The van der Waals surface area contributed by atoms with Gasteiger partial charge in [-0.2, -0.15) is 13.2 Å². The third kappa shape index (κ3) is 3.53. The lowest BCUT2D eigenvalue weighted by molar-refractivity contribution is -0.149. The number of amides is 1. The van der Waals surface area contributed by atoms with Crippen molar-refractivity contribution in [1.82, 2.24) is 9.88 Å². The highest BCUT2D eigenvalue weighted by Crippen LogP contribution is 2.34. The SMILES string of the molecule is CC(C)(C(=O)N1CCOc2cc(C(F)(F)F)ncc2C1)C(F)F. The van der Waals surface area contributed by atoms with Gasteiger partial charge < -0.3 is 9.64 Å². The highest BCUT2D eigenvalue weighted by atomic mass is 19.4. The molecule has 0 spiro atoms. The predicted octanol–water partition coefficient (Wildman–Crippen LogP) is 3.11.